The number of carbonyl (C=O) groups is 3. The molecule has 212 valence electrons. The molecule has 0 fully saturated rings. The molecule has 3 unspecified atom stereocenters. The lowest BCUT2D eigenvalue weighted by Crippen LogP contribution is -2.72. The van der Waals surface area contributed by atoms with Crippen LogP contribution >= 0.6 is 0 Å². The Balaban J connectivity index is 5.52. The Labute approximate surface area is 220 Å². The summed E-state index contributed by atoms with van der Waals surface area (Å²) in [5.41, 5.74) is 0. The summed E-state index contributed by atoms with van der Waals surface area (Å²) >= 11 is 0. The highest BCUT2D eigenvalue weighted by molar-refractivity contribution is 5.78. The molecule has 0 radical (unpaired) electrons. The molecule has 0 amide bonds. The number of rotatable bonds is 25. The second-order valence-electron chi connectivity index (χ2n) is 10.5. The molecule has 0 aliphatic heterocycles. The summed E-state index contributed by atoms with van der Waals surface area (Å²) in [6, 6.07) is -3.12. The first-order valence-corrected chi connectivity index (χ1v) is 14.8. The van der Waals surface area contributed by atoms with Gasteiger partial charge in [0, 0.05) is 19.3 Å². The van der Waals surface area contributed by atoms with Crippen LogP contribution in [-0.2, 0) is 14.4 Å². The van der Waals surface area contributed by atoms with Crippen LogP contribution in [0.5, 0.6) is 0 Å². The Kier molecular flexibility index (Phi) is 19.5. The molecule has 0 aromatic heterocycles. The highest BCUT2D eigenvalue weighted by atomic mass is 16.4. The molecule has 36 heavy (non-hydrogen) atoms. The van der Waals surface area contributed by atoms with Crippen molar-refractivity contribution in [3.63, 3.8) is 0 Å². The van der Waals surface area contributed by atoms with E-state index in [0.29, 0.717) is 25.7 Å². The van der Waals surface area contributed by atoms with Crippen molar-refractivity contribution in [3.05, 3.63) is 0 Å². The van der Waals surface area contributed by atoms with Gasteiger partial charge in [-0.3, -0.25) is 4.48 Å². The van der Waals surface area contributed by atoms with Crippen molar-refractivity contribution >= 4 is 17.9 Å². The van der Waals surface area contributed by atoms with Crippen molar-refractivity contribution in [2.24, 2.45) is 0 Å². The third kappa shape index (κ3) is 11.6. The van der Waals surface area contributed by atoms with Crippen molar-refractivity contribution < 1.29 is 34.2 Å². The standard InChI is InChI=1S/C29H55NO6/c1-5-9-10-11-12-13-14-15-16-17-18-19-23-30(24(20-6-2)27(31)32,25(21-7-3)28(33)34)26(22-8-4)29(35)36/h24-26H,5-23H2,1-4H3,(H2-,31,32,33,34,35,36)/p+1. The number of hydrogen-bond donors (Lipinski definition) is 3. The SMILES string of the molecule is CCCCCCCCCCCCCC[N+](C(CCC)C(=O)O)(C(CCC)C(=O)O)C(CCC)C(=O)O. The van der Waals surface area contributed by atoms with Gasteiger partial charge in [-0.15, -0.1) is 0 Å². The molecule has 0 aromatic rings. The fourth-order valence-corrected chi connectivity index (χ4v) is 5.87. The fraction of sp³-hybridized carbons (Fsp3) is 0.897. The van der Waals surface area contributed by atoms with E-state index in [1.807, 2.05) is 20.8 Å². The van der Waals surface area contributed by atoms with Gasteiger partial charge in [0.25, 0.3) is 0 Å². The number of carboxylic acid groups (broad SMARTS) is 3. The van der Waals surface area contributed by atoms with Gasteiger partial charge < -0.3 is 15.3 Å². The summed E-state index contributed by atoms with van der Waals surface area (Å²) in [4.78, 5) is 37.5. The van der Waals surface area contributed by atoms with Crippen molar-refractivity contribution in [3.8, 4) is 0 Å². The lowest BCUT2D eigenvalue weighted by atomic mass is 9.91. The molecule has 3 N–H and O–H groups in total. The van der Waals surface area contributed by atoms with Crippen molar-refractivity contribution in [2.75, 3.05) is 6.54 Å². The van der Waals surface area contributed by atoms with Gasteiger partial charge in [-0.05, 0) is 32.1 Å². The number of unbranched alkanes of at least 4 members (excludes halogenated alkanes) is 11. The lowest BCUT2D eigenvalue weighted by Gasteiger charge is -2.50. The van der Waals surface area contributed by atoms with E-state index in [4.69, 9.17) is 0 Å². The van der Waals surface area contributed by atoms with E-state index in [9.17, 15) is 29.7 Å². The molecule has 7 nitrogen and oxygen atoms in total. The van der Waals surface area contributed by atoms with Crippen LogP contribution in [0, 0.1) is 0 Å². The van der Waals surface area contributed by atoms with Gasteiger partial charge in [-0.1, -0.05) is 91.9 Å². The zero-order chi connectivity index (χ0) is 27.4. The van der Waals surface area contributed by atoms with Gasteiger partial charge in [0.2, 0.25) is 0 Å². The first-order chi connectivity index (χ1) is 17.2. The largest absolute Gasteiger partial charge is 0.477 e. The lowest BCUT2D eigenvalue weighted by molar-refractivity contribution is -0.973. The third-order valence-electron chi connectivity index (χ3n) is 7.68. The van der Waals surface area contributed by atoms with E-state index in [1.165, 1.54) is 51.4 Å². The zero-order valence-electron chi connectivity index (χ0n) is 23.7. The molecule has 0 saturated heterocycles. The predicted octanol–water partition coefficient (Wildman–Crippen LogP) is 7.26. The molecule has 0 aliphatic carbocycles. The summed E-state index contributed by atoms with van der Waals surface area (Å²) in [7, 11) is 0. The molecule has 0 aliphatic rings. The van der Waals surface area contributed by atoms with Gasteiger partial charge in [0.15, 0.2) is 18.1 Å². The van der Waals surface area contributed by atoms with E-state index < -0.39 is 36.0 Å². The zero-order valence-corrected chi connectivity index (χ0v) is 23.7. The molecular formula is C29H56NO6+. The van der Waals surface area contributed by atoms with Crippen LogP contribution < -0.4 is 0 Å². The summed E-state index contributed by atoms with van der Waals surface area (Å²) in [5.74, 6) is -3.25. The van der Waals surface area contributed by atoms with Crippen molar-refractivity contribution in [2.45, 2.75) is 161 Å². The monoisotopic (exact) mass is 514 g/mol. The average Bonchev–Trinajstić information content (AvgIpc) is 2.83. The predicted molar refractivity (Wildman–Crippen MR) is 145 cm³/mol. The number of hydrogen-bond acceptors (Lipinski definition) is 3. The molecule has 0 rings (SSSR count). The number of nitrogens with zero attached hydrogens (tertiary/aromatic N) is 1. The highest BCUT2D eigenvalue weighted by Gasteiger charge is 2.56. The maximum Gasteiger partial charge on any atom is 0.362 e. The van der Waals surface area contributed by atoms with Crippen LogP contribution in [-0.4, -0.2) is 62.4 Å². The van der Waals surface area contributed by atoms with Crippen LogP contribution in [0.2, 0.25) is 0 Å². The van der Waals surface area contributed by atoms with Crippen LogP contribution in [0.25, 0.3) is 0 Å². The number of aliphatic carboxylic acids is 3. The first kappa shape index (κ1) is 34.4. The minimum atomic E-state index is -1.08. The van der Waals surface area contributed by atoms with Gasteiger partial charge in [0.05, 0.1) is 6.54 Å². The molecule has 0 spiro atoms. The Morgan fingerprint density at radius 1 is 0.472 bits per heavy atom. The molecule has 0 saturated carbocycles. The van der Waals surface area contributed by atoms with Crippen LogP contribution in [0.4, 0.5) is 0 Å². The molecule has 0 heterocycles. The van der Waals surface area contributed by atoms with E-state index in [-0.39, 0.29) is 30.3 Å². The molecule has 0 bridgehead atoms. The van der Waals surface area contributed by atoms with Crippen molar-refractivity contribution in [1.29, 1.82) is 0 Å². The Morgan fingerprint density at radius 3 is 1.00 bits per heavy atom. The second-order valence-corrected chi connectivity index (χ2v) is 10.5. The fourth-order valence-electron chi connectivity index (χ4n) is 5.87. The second kappa shape index (κ2) is 20.4. The van der Waals surface area contributed by atoms with E-state index in [0.717, 1.165) is 19.3 Å². The maximum atomic E-state index is 12.5. The Bertz CT molecular complexity index is 549. The molecule has 7 heteroatoms. The minimum absolute atomic E-state index is 0.272. The third-order valence-corrected chi connectivity index (χ3v) is 7.68. The normalized spacial score (nSPS) is 15.7. The maximum absolute atomic E-state index is 12.5. The topological polar surface area (TPSA) is 112 Å². The molecule has 0 aromatic carbocycles. The van der Waals surface area contributed by atoms with Crippen LogP contribution in [0.1, 0.15) is 143 Å². The van der Waals surface area contributed by atoms with E-state index in [2.05, 4.69) is 6.92 Å². The van der Waals surface area contributed by atoms with Gasteiger partial charge in [-0.2, -0.15) is 0 Å². The number of quaternary nitrogens is 1. The molecule has 3 atom stereocenters. The minimum Gasteiger partial charge on any atom is -0.477 e. The summed E-state index contributed by atoms with van der Waals surface area (Å²) in [6.45, 7) is 8.13. The summed E-state index contributed by atoms with van der Waals surface area (Å²) in [6.07, 6.45) is 16.4. The first-order valence-electron chi connectivity index (χ1n) is 14.8. The average molecular weight is 515 g/mol. The smallest absolute Gasteiger partial charge is 0.362 e. The van der Waals surface area contributed by atoms with Gasteiger partial charge >= 0.3 is 17.9 Å². The van der Waals surface area contributed by atoms with Gasteiger partial charge in [-0.25, -0.2) is 14.4 Å². The quantitative estimate of drug-likeness (QED) is 0.0872. The van der Waals surface area contributed by atoms with E-state index in [1.54, 1.807) is 0 Å². The van der Waals surface area contributed by atoms with Gasteiger partial charge in [0.1, 0.15) is 0 Å². The van der Waals surface area contributed by atoms with E-state index >= 15 is 0 Å². The summed E-state index contributed by atoms with van der Waals surface area (Å²) < 4.78 is -0.368. The summed E-state index contributed by atoms with van der Waals surface area (Å²) in [5, 5.41) is 30.7. The number of carboxylic acids is 3. The van der Waals surface area contributed by atoms with Crippen molar-refractivity contribution in [1.82, 2.24) is 0 Å². The highest BCUT2D eigenvalue weighted by Crippen LogP contribution is 2.34. The Morgan fingerprint density at radius 2 is 0.750 bits per heavy atom. The Hall–Kier alpha value is -1.63. The molecular weight excluding hydrogens is 458 g/mol. The van der Waals surface area contributed by atoms with Crippen LogP contribution in [0.15, 0.2) is 0 Å². The van der Waals surface area contributed by atoms with Crippen LogP contribution in [0.3, 0.4) is 0 Å².